The second kappa shape index (κ2) is 8.17. The van der Waals surface area contributed by atoms with Gasteiger partial charge in [0.2, 0.25) is 5.72 Å². The van der Waals surface area contributed by atoms with Gasteiger partial charge in [-0.2, -0.15) is 13.2 Å². The van der Waals surface area contributed by atoms with Crippen LogP contribution in [0.3, 0.4) is 0 Å². The molecule has 0 amide bonds. The lowest BCUT2D eigenvalue weighted by atomic mass is 9.77. The van der Waals surface area contributed by atoms with Gasteiger partial charge in [-0.25, -0.2) is 4.39 Å². The van der Waals surface area contributed by atoms with Gasteiger partial charge in [0, 0.05) is 28.1 Å². The lowest BCUT2D eigenvalue weighted by Crippen LogP contribution is -2.59. The minimum Gasteiger partial charge on any atom is -0.496 e. The predicted molar refractivity (Wildman–Crippen MR) is 110 cm³/mol. The number of benzene rings is 2. The van der Waals surface area contributed by atoms with Crippen molar-refractivity contribution in [1.82, 2.24) is 5.32 Å². The van der Waals surface area contributed by atoms with Gasteiger partial charge in [0.1, 0.15) is 11.6 Å². The number of ether oxygens (including phenoxy) is 1. The van der Waals surface area contributed by atoms with Crippen LogP contribution in [0, 0.1) is 5.82 Å². The molecule has 2 aromatic carbocycles. The minimum absolute atomic E-state index is 0.161. The van der Waals surface area contributed by atoms with Crippen molar-refractivity contribution in [2.24, 2.45) is 0 Å². The summed E-state index contributed by atoms with van der Waals surface area (Å²) in [4.78, 5) is 0.667. The first-order chi connectivity index (χ1) is 13.9. The molecule has 0 bridgehead atoms. The Morgan fingerprint density at radius 1 is 1.07 bits per heavy atom. The average Bonchev–Trinajstić information content (AvgIpc) is 3.08. The maximum Gasteiger partial charge on any atom is 0.431 e. The molecule has 0 saturated heterocycles. The third kappa shape index (κ3) is 4.61. The number of hydrogen-bond acceptors (Lipinski definition) is 4. The number of alkyl halides is 3. The molecule has 0 radical (unpaired) electrons. The Labute approximate surface area is 176 Å². The number of methoxy groups -OCH3 is 1. The molecule has 162 valence electrons. The van der Waals surface area contributed by atoms with Crippen LogP contribution in [0.25, 0.3) is 10.1 Å². The normalized spacial score (nSPS) is 14.7. The molecule has 3 aromatic rings. The van der Waals surface area contributed by atoms with Crippen LogP contribution >= 0.6 is 11.3 Å². The molecular weight excluding hydrogens is 418 g/mol. The highest BCUT2D eigenvalue weighted by Crippen LogP contribution is 2.42. The monoisotopic (exact) mass is 441 g/mol. The van der Waals surface area contributed by atoms with Crippen LogP contribution in [0.1, 0.15) is 30.7 Å². The molecule has 0 saturated carbocycles. The van der Waals surface area contributed by atoms with Crippen LogP contribution in [0.15, 0.2) is 48.5 Å². The Morgan fingerprint density at radius 3 is 2.40 bits per heavy atom. The number of fused-ring (bicyclic) bond motifs is 1. The van der Waals surface area contributed by atoms with E-state index in [1.807, 2.05) is 24.3 Å². The molecule has 1 aromatic heterocycles. The lowest BCUT2D eigenvalue weighted by Gasteiger charge is -2.38. The fourth-order valence-corrected chi connectivity index (χ4v) is 4.57. The maximum atomic E-state index is 13.9. The Bertz CT molecular complexity index is 998. The van der Waals surface area contributed by atoms with Crippen LogP contribution < -0.4 is 10.1 Å². The molecule has 1 unspecified atom stereocenters. The van der Waals surface area contributed by atoms with E-state index in [1.54, 1.807) is 6.07 Å². The predicted octanol–water partition coefficient (Wildman–Crippen LogP) is 5.76. The Hall–Kier alpha value is -2.16. The fraction of sp³-hybridized carbons (Fsp3) is 0.364. The van der Waals surface area contributed by atoms with E-state index in [1.165, 1.54) is 44.4 Å². The smallest absolute Gasteiger partial charge is 0.431 e. The Kier molecular flexibility index (Phi) is 6.13. The molecule has 1 heterocycles. The topological polar surface area (TPSA) is 41.5 Å². The second-order valence-electron chi connectivity index (χ2n) is 7.87. The van der Waals surface area contributed by atoms with E-state index in [4.69, 9.17) is 4.74 Å². The SMILES string of the molecule is COc1ccc(F)cc1C(C)(C)CC(O)(NCc1cc2ccccc2s1)C(F)(F)F. The van der Waals surface area contributed by atoms with Crippen molar-refractivity contribution in [2.45, 2.75) is 44.1 Å². The summed E-state index contributed by atoms with van der Waals surface area (Å²) < 4.78 is 61.7. The quantitative estimate of drug-likeness (QED) is 0.362. The molecule has 8 heteroatoms. The molecular formula is C22H23F4NO2S. The first-order valence-electron chi connectivity index (χ1n) is 9.31. The number of aliphatic hydroxyl groups is 1. The second-order valence-corrected chi connectivity index (χ2v) is 9.04. The van der Waals surface area contributed by atoms with Crippen molar-refractivity contribution in [3.05, 3.63) is 64.8 Å². The number of hydrogen-bond donors (Lipinski definition) is 2. The number of halogens is 4. The minimum atomic E-state index is -4.94. The first-order valence-corrected chi connectivity index (χ1v) is 10.1. The zero-order valence-corrected chi connectivity index (χ0v) is 17.6. The zero-order valence-electron chi connectivity index (χ0n) is 16.8. The first kappa shape index (κ1) is 22.5. The van der Waals surface area contributed by atoms with Gasteiger partial charge in [0.25, 0.3) is 0 Å². The molecule has 0 fully saturated rings. The zero-order chi connectivity index (χ0) is 22.2. The van der Waals surface area contributed by atoms with Crippen molar-refractivity contribution in [3.8, 4) is 5.75 Å². The van der Waals surface area contributed by atoms with Gasteiger partial charge in [0.15, 0.2) is 0 Å². The number of thiophene rings is 1. The lowest BCUT2D eigenvalue weighted by molar-refractivity contribution is -0.280. The fourth-order valence-electron chi connectivity index (χ4n) is 3.56. The molecule has 1 atom stereocenters. The van der Waals surface area contributed by atoms with E-state index in [0.717, 1.165) is 16.2 Å². The van der Waals surface area contributed by atoms with Gasteiger partial charge in [-0.05, 0) is 41.1 Å². The average molecular weight is 441 g/mol. The highest BCUT2D eigenvalue weighted by atomic mass is 32.1. The summed E-state index contributed by atoms with van der Waals surface area (Å²) in [6, 6.07) is 13.0. The molecule has 3 rings (SSSR count). The maximum absolute atomic E-state index is 13.9. The largest absolute Gasteiger partial charge is 0.496 e. The Morgan fingerprint density at radius 2 is 1.77 bits per heavy atom. The highest BCUT2D eigenvalue weighted by molar-refractivity contribution is 7.19. The molecule has 0 aliphatic carbocycles. The molecule has 0 spiro atoms. The van der Waals surface area contributed by atoms with Gasteiger partial charge in [-0.15, -0.1) is 11.3 Å². The van der Waals surface area contributed by atoms with Gasteiger partial charge in [0.05, 0.1) is 7.11 Å². The summed E-state index contributed by atoms with van der Waals surface area (Å²) in [5, 5.41) is 13.9. The highest BCUT2D eigenvalue weighted by Gasteiger charge is 2.56. The summed E-state index contributed by atoms with van der Waals surface area (Å²) in [7, 11) is 1.36. The van der Waals surface area contributed by atoms with E-state index >= 15 is 0 Å². The summed E-state index contributed by atoms with van der Waals surface area (Å²) >= 11 is 1.36. The van der Waals surface area contributed by atoms with Gasteiger partial charge < -0.3 is 9.84 Å². The van der Waals surface area contributed by atoms with Gasteiger partial charge in [-0.3, -0.25) is 5.32 Å². The summed E-state index contributed by atoms with van der Waals surface area (Å²) in [6.07, 6.45) is -5.67. The number of rotatable bonds is 7. The van der Waals surface area contributed by atoms with E-state index in [-0.39, 0.29) is 17.9 Å². The summed E-state index contributed by atoms with van der Waals surface area (Å²) in [5.41, 5.74) is -4.18. The molecule has 0 aliphatic rings. The molecule has 0 aliphatic heterocycles. The van der Waals surface area contributed by atoms with Crippen molar-refractivity contribution >= 4 is 21.4 Å². The van der Waals surface area contributed by atoms with Gasteiger partial charge in [-0.1, -0.05) is 32.0 Å². The van der Waals surface area contributed by atoms with Crippen molar-refractivity contribution in [2.75, 3.05) is 7.11 Å². The van der Waals surface area contributed by atoms with Crippen LogP contribution in [0.2, 0.25) is 0 Å². The van der Waals surface area contributed by atoms with Crippen LogP contribution in [0.4, 0.5) is 17.6 Å². The number of nitrogens with one attached hydrogen (secondary N) is 1. The van der Waals surface area contributed by atoms with E-state index in [9.17, 15) is 22.7 Å². The molecule has 2 N–H and O–H groups in total. The van der Waals surface area contributed by atoms with Crippen LogP contribution in [-0.2, 0) is 12.0 Å². The van der Waals surface area contributed by atoms with E-state index < -0.39 is 29.6 Å². The van der Waals surface area contributed by atoms with Crippen molar-refractivity contribution < 1.29 is 27.4 Å². The van der Waals surface area contributed by atoms with Gasteiger partial charge >= 0.3 is 6.18 Å². The summed E-state index contributed by atoms with van der Waals surface area (Å²) in [5.74, 6) is -0.330. The Balaban J connectivity index is 1.88. The molecule has 3 nitrogen and oxygen atoms in total. The van der Waals surface area contributed by atoms with Crippen molar-refractivity contribution in [1.29, 1.82) is 0 Å². The van der Waals surface area contributed by atoms with E-state index in [2.05, 4.69) is 5.32 Å². The van der Waals surface area contributed by atoms with E-state index in [0.29, 0.717) is 4.88 Å². The standard InChI is InChI=1S/C22H23F4NO2S/c1-20(2,17-11-15(23)8-9-18(17)29-3)13-21(28,22(24,25)26)27-12-16-10-14-6-4-5-7-19(14)30-16/h4-11,27-28H,12-13H2,1-3H3. The molecule has 30 heavy (non-hydrogen) atoms. The van der Waals surface area contributed by atoms with Crippen LogP contribution in [-0.4, -0.2) is 24.1 Å². The van der Waals surface area contributed by atoms with Crippen LogP contribution in [0.5, 0.6) is 5.75 Å². The van der Waals surface area contributed by atoms with Crippen molar-refractivity contribution in [3.63, 3.8) is 0 Å². The third-order valence-electron chi connectivity index (χ3n) is 5.09. The summed E-state index contributed by atoms with van der Waals surface area (Å²) in [6.45, 7) is 2.87. The third-order valence-corrected chi connectivity index (χ3v) is 6.21.